The highest BCUT2D eigenvalue weighted by Gasteiger charge is 2.34. The maximum Gasteiger partial charge on any atom is 0.293 e. The zero-order valence-electron chi connectivity index (χ0n) is 12.7. The highest BCUT2D eigenvalue weighted by molar-refractivity contribution is 5.37. The van der Waals surface area contributed by atoms with Gasteiger partial charge in [0.15, 0.2) is 0 Å². The molecule has 0 saturated carbocycles. The van der Waals surface area contributed by atoms with Crippen molar-refractivity contribution in [2.45, 2.75) is 44.4 Å². The summed E-state index contributed by atoms with van der Waals surface area (Å²) in [6.07, 6.45) is 8.80. The first-order valence-electron chi connectivity index (χ1n) is 7.03. The van der Waals surface area contributed by atoms with Crippen molar-refractivity contribution in [3.05, 3.63) is 36.4 Å². The summed E-state index contributed by atoms with van der Waals surface area (Å²) in [5.41, 5.74) is -0.424. The number of carbonyl (C=O) groups is 1. The Morgan fingerprint density at radius 1 is 1.10 bits per heavy atom. The predicted molar refractivity (Wildman–Crippen MR) is 78.8 cm³/mol. The van der Waals surface area contributed by atoms with Crippen LogP contribution in [0.2, 0.25) is 0 Å². The van der Waals surface area contributed by atoms with E-state index in [4.69, 9.17) is 4.74 Å². The second-order valence-electron chi connectivity index (χ2n) is 6.23. The van der Waals surface area contributed by atoms with Gasteiger partial charge in [-0.3, -0.25) is 4.79 Å². The van der Waals surface area contributed by atoms with E-state index in [9.17, 15) is 4.79 Å². The van der Waals surface area contributed by atoms with E-state index in [-0.39, 0.29) is 10.8 Å². The molecule has 0 aliphatic carbocycles. The molecule has 2 N–H and O–H groups in total. The average molecular weight is 290 g/mol. The van der Waals surface area contributed by atoms with E-state index in [1.807, 2.05) is 13.1 Å². The van der Waals surface area contributed by atoms with E-state index >= 15 is 0 Å². The van der Waals surface area contributed by atoms with Crippen LogP contribution < -0.4 is 0 Å². The first-order valence-corrected chi connectivity index (χ1v) is 7.03. The van der Waals surface area contributed by atoms with Crippen LogP contribution in [0.15, 0.2) is 24.8 Å². The van der Waals surface area contributed by atoms with E-state index in [1.165, 1.54) is 0 Å². The molecule has 0 aliphatic rings. The van der Waals surface area contributed by atoms with Gasteiger partial charge >= 0.3 is 0 Å². The number of H-pyrrole nitrogens is 2. The lowest BCUT2D eigenvalue weighted by atomic mass is 9.77. The summed E-state index contributed by atoms with van der Waals surface area (Å²) < 4.78 is 5.01. The fourth-order valence-electron chi connectivity index (χ4n) is 2.41. The fourth-order valence-corrected chi connectivity index (χ4v) is 2.41. The van der Waals surface area contributed by atoms with Gasteiger partial charge in [-0.25, -0.2) is 9.97 Å². The number of imidazole rings is 2. The largest absolute Gasteiger partial charge is 0.467 e. The predicted octanol–water partition coefficient (Wildman–Crippen LogP) is 2.32. The van der Waals surface area contributed by atoms with Crippen molar-refractivity contribution < 1.29 is 9.53 Å². The van der Waals surface area contributed by atoms with Crippen LogP contribution in [0, 0.1) is 0 Å². The molecule has 0 radical (unpaired) electrons. The highest BCUT2D eigenvalue weighted by atomic mass is 16.5. The molecule has 21 heavy (non-hydrogen) atoms. The van der Waals surface area contributed by atoms with Gasteiger partial charge in [-0.1, -0.05) is 13.8 Å². The Kier molecular flexibility index (Phi) is 4.45. The van der Waals surface area contributed by atoms with Crippen LogP contribution in [-0.4, -0.2) is 33.0 Å². The van der Waals surface area contributed by atoms with Gasteiger partial charge in [-0.15, -0.1) is 0 Å². The number of nitrogens with zero attached hydrogens (tertiary/aromatic N) is 2. The molecule has 2 rings (SSSR count). The minimum Gasteiger partial charge on any atom is -0.467 e. The third-order valence-corrected chi connectivity index (χ3v) is 3.98. The lowest BCUT2D eigenvalue weighted by molar-refractivity contribution is -0.130. The van der Waals surface area contributed by atoms with Crippen molar-refractivity contribution >= 4 is 6.47 Å². The Balaban J connectivity index is 2.11. The van der Waals surface area contributed by atoms with Crippen LogP contribution in [0.25, 0.3) is 0 Å². The lowest BCUT2D eigenvalue weighted by Crippen LogP contribution is -2.32. The molecule has 114 valence electrons. The smallest absolute Gasteiger partial charge is 0.293 e. The van der Waals surface area contributed by atoms with Gasteiger partial charge in [0.2, 0.25) is 0 Å². The molecule has 0 fully saturated rings. The number of nitrogens with one attached hydrogen (secondary N) is 2. The van der Waals surface area contributed by atoms with Gasteiger partial charge in [0.1, 0.15) is 18.3 Å². The molecular weight excluding hydrogens is 268 g/mol. The number of ether oxygens (including phenoxy) is 1. The SMILES string of the molecule is CC(C)(CCC(C)(COC=O)c1ncc[nH]1)c1ncc[nH]1. The van der Waals surface area contributed by atoms with Crippen molar-refractivity contribution in [1.82, 2.24) is 19.9 Å². The number of aromatic nitrogens is 4. The first-order chi connectivity index (χ1) is 9.98. The van der Waals surface area contributed by atoms with Crippen LogP contribution >= 0.6 is 0 Å². The Hall–Kier alpha value is -2.11. The Morgan fingerprint density at radius 3 is 2.24 bits per heavy atom. The molecular formula is C15H22N4O2. The Labute approximate surface area is 124 Å². The quantitative estimate of drug-likeness (QED) is 0.731. The van der Waals surface area contributed by atoms with Crippen molar-refractivity contribution in [2.75, 3.05) is 6.61 Å². The summed E-state index contributed by atoms with van der Waals surface area (Å²) >= 11 is 0. The van der Waals surface area contributed by atoms with Crippen molar-refractivity contribution in [3.8, 4) is 0 Å². The molecule has 1 unspecified atom stereocenters. The average Bonchev–Trinajstić information content (AvgIpc) is 3.15. The van der Waals surface area contributed by atoms with Crippen molar-refractivity contribution in [3.63, 3.8) is 0 Å². The molecule has 0 saturated heterocycles. The van der Waals surface area contributed by atoms with Crippen molar-refractivity contribution in [2.24, 2.45) is 0 Å². The maximum absolute atomic E-state index is 10.5. The van der Waals surface area contributed by atoms with E-state index in [2.05, 4.69) is 33.8 Å². The molecule has 1 atom stereocenters. The van der Waals surface area contributed by atoms with Gasteiger partial charge in [0.25, 0.3) is 6.47 Å². The van der Waals surface area contributed by atoms with Gasteiger partial charge in [-0.2, -0.15) is 0 Å². The van der Waals surface area contributed by atoms with Gasteiger partial charge in [0.05, 0.1) is 5.41 Å². The number of rotatable bonds is 8. The van der Waals surface area contributed by atoms with E-state index in [0.29, 0.717) is 13.1 Å². The Bertz CT molecular complexity index is 548. The van der Waals surface area contributed by atoms with Gasteiger partial charge in [-0.05, 0) is 19.8 Å². The minimum atomic E-state index is -0.339. The normalized spacial score (nSPS) is 14.6. The lowest BCUT2D eigenvalue weighted by Gasteiger charge is -2.31. The van der Waals surface area contributed by atoms with Crippen LogP contribution in [0.4, 0.5) is 0 Å². The first kappa shape index (κ1) is 15.3. The van der Waals surface area contributed by atoms with Crippen LogP contribution in [0.5, 0.6) is 0 Å². The number of carbonyl (C=O) groups excluding carboxylic acids is 1. The molecule has 6 heteroatoms. The maximum atomic E-state index is 10.5. The second-order valence-corrected chi connectivity index (χ2v) is 6.23. The molecule has 2 heterocycles. The third kappa shape index (κ3) is 3.51. The summed E-state index contributed by atoms with van der Waals surface area (Å²) in [6, 6.07) is 0. The molecule has 0 aliphatic heterocycles. The fraction of sp³-hybridized carbons (Fsp3) is 0.533. The topological polar surface area (TPSA) is 83.7 Å². The molecule has 0 spiro atoms. The third-order valence-electron chi connectivity index (χ3n) is 3.98. The van der Waals surface area contributed by atoms with Gasteiger partial charge < -0.3 is 14.7 Å². The monoisotopic (exact) mass is 290 g/mol. The highest BCUT2D eigenvalue weighted by Crippen LogP contribution is 2.33. The van der Waals surface area contributed by atoms with E-state index in [0.717, 1.165) is 24.5 Å². The number of hydrogen-bond donors (Lipinski definition) is 2. The van der Waals surface area contributed by atoms with Crippen molar-refractivity contribution in [1.29, 1.82) is 0 Å². The van der Waals surface area contributed by atoms with E-state index in [1.54, 1.807) is 18.6 Å². The zero-order chi connectivity index (χ0) is 15.3. The van der Waals surface area contributed by atoms with Crippen LogP contribution in [0.1, 0.15) is 45.3 Å². The summed E-state index contributed by atoms with van der Waals surface area (Å²) in [7, 11) is 0. The zero-order valence-corrected chi connectivity index (χ0v) is 12.7. The summed E-state index contributed by atoms with van der Waals surface area (Å²) in [5.74, 6) is 1.79. The Morgan fingerprint density at radius 2 is 1.71 bits per heavy atom. The standard InChI is InChI=1S/C15H22N4O2/c1-14(2,12-16-6-7-17-12)4-5-15(3,10-21-11-20)13-18-8-9-19-13/h6-9,11H,4-5,10H2,1-3H3,(H,16,17)(H,18,19). The molecule has 2 aromatic rings. The molecule has 0 aromatic carbocycles. The van der Waals surface area contributed by atoms with E-state index < -0.39 is 0 Å². The molecule has 6 nitrogen and oxygen atoms in total. The number of aromatic amines is 2. The van der Waals surface area contributed by atoms with Gasteiger partial charge in [0, 0.05) is 30.2 Å². The summed E-state index contributed by atoms with van der Waals surface area (Å²) in [6.45, 7) is 7.13. The summed E-state index contributed by atoms with van der Waals surface area (Å²) in [4.78, 5) is 25.5. The second kappa shape index (κ2) is 6.11. The van der Waals surface area contributed by atoms with Crippen LogP contribution in [0.3, 0.4) is 0 Å². The molecule has 0 amide bonds. The number of hydrogen-bond acceptors (Lipinski definition) is 4. The molecule has 0 bridgehead atoms. The molecule has 2 aromatic heterocycles. The summed E-state index contributed by atoms with van der Waals surface area (Å²) in [5, 5.41) is 0. The minimum absolute atomic E-state index is 0.0848. The van der Waals surface area contributed by atoms with Crippen LogP contribution in [-0.2, 0) is 20.4 Å².